The first-order chi connectivity index (χ1) is 10.5. The van der Waals surface area contributed by atoms with E-state index in [0.29, 0.717) is 6.61 Å². The number of rotatable bonds is 9. The summed E-state index contributed by atoms with van der Waals surface area (Å²) >= 11 is 0. The molecule has 1 aromatic carbocycles. The molecule has 122 valence electrons. The number of hydrogen-bond donors (Lipinski definition) is 0. The van der Waals surface area contributed by atoms with Gasteiger partial charge >= 0.3 is 5.97 Å². The van der Waals surface area contributed by atoms with Crippen LogP contribution in [0.3, 0.4) is 0 Å². The molecule has 0 amide bonds. The van der Waals surface area contributed by atoms with E-state index in [-0.39, 0.29) is 11.5 Å². The molecule has 1 atom stereocenters. The third-order valence-corrected chi connectivity index (χ3v) is 7.94. The van der Waals surface area contributed by atoms with E-state index >= 15 is 0 Å². The summed E-state index contributed by atoms with van der Waals surface area (Å²) in [4.78, 5) is 12.4. The number of hydrogen-bond acceptors (Lipinski definition) is 2. The van der Waals surface area contributed by atoms with Gasteiger partial charge in [0.1, 0.15) is 8.07 Å². The van der Waals surface area contributed by atoms with Crippen LogP contribution in [0.2, 0.25) is 18.6 Å². The van der Waals surface area contributed by atoms with Crippen molar-refractivity contribution < 1.29 is 9.53 Å². The Balaban J connectivity index is 2.91. The zero-order valence-electron chi connectivity index (χ0n) is 14.5. The fraction of sp³-hybridized carbons (Fsp3) is 0.526. The molecule has 0 fully saturated rings. The van der Waals surface area contributed by atoms with Gasteiger partial charge < -0.3 is 4.74 Å². The number of esters is 1. The molecule has 1 unspecified atom stereocenters. The van der Waals surface area contributed by atoms with Crippen molar-refractivity contribution in [2.75, 3.05) is 6.61 Å². The average molecular weight is 319 g/mol. The number of benzene rings is 1. The lowest BCUT2D eigenvalue weighted by Gasteiger charge is -2.29. The van der Waals surface area contributed by atoms with Gasteiger partial charge in [0, 0.05) is 0 Å². The van der Waals surface area contributed by atoms with Gasteiger partial charge in [0.25, 0.3) is 0 Å². The summed E-state index contributed by atoms with van der Waals surface area (Å²) in [6, 6.07) is 10.4. The molecule has 1 rings (SSSR count). The van der Waals surface area contributed by atoms with E-state index in [4.69, 9.17) is 4.74 Å². The zero-order valence-corrected chi connectivity index (χ0v) is 15.5. The number of unbranched alkanes of at least 4 members (excludes halogenated alkanes) is 3. The maximum atomic E-state index is 12.4. The van der Waals surface area contributed by atoms with Crippen molar-refractivity contribution in [1.29, 1.82) is 0 Å². The SMILES string of the molecule is CCCCC/C=C/C(C(=O)OCC)[Si](C)(C)c1ccccc1. The van der Waals surface area contributed by atoms with Gasteiger partial charge in [-0.2, -0.15) is 0 Å². The van der Waals surface area contributed by atoms with Crippen molar-refractivity contribution in [3.63, 3.8) is 0 Å². The highest BCUT2D eigenvalue weighted by Gasteiger charge is 2.37. The number of allylic oxidation sites excluding steroid dienone is 1. The summed E-state index contributed by atoms with van der Waals surface area (Å²) in [5.74, 6) is -0.0743. The van der Waals surface area contributed by atoms with Gasteiger partial charge in [-0.15, -0.1) is 0 Å². The van der Waals surface area contributed by atoms with Crippen molar-refractivity contribution in [2.45, 2.75) is 58.2 Å². The fourth-order valence-corrected chi connectivity index (χ4v) is 5.34. The van der Waals surface area contributed by atoms with Crippen LogP contribution in [-0.2, 0) is 9.53 Å². The van der Waals surface area contributed by atoms with Crippen molar-refractivity contribution in [3.05, 3.63) is 42.5 Å². The van der Waals surface area contributed by atoms with Crippen molar-refractivity contribution >= 4 is 19.2 Å². The van der Waals surface area contributed by atoms with Gasteiger partial charge in [-0.3, -0.25) is 4.79 Å². The minimum absolute atomic E-state index is 0.0743. The summed E-state index contributed by atoms with van der Waals surface area (Å²) in [5.41, 5.74) is -0.114. The molecule has 0 saturated carbocycles. The number of carbonyl (C=O) groups excluding carboxylic acids is 1. The van der Waals surface area contributed by atoms with Gasteiger partial charge in [0.2, 0.25) is 0 Å². The van der Waals surface area contributed by atoms with E-state index in [1.54, 1.807) is 0 Å². The highest BCUT2D eigenvalue weighted by Crippen LogP contribution is 2.25. The molecule has 1 aromatic rings. The predicted octanol–water partition coefficient (Wildman–Crippen LogP) is 4.67. The van der Waals surface area contributed by atoms with Crippen LogP contribution in [0.1, 0.15) is 39.5 Å². The second-order valence-corrected chi connectivity index (χ2v) is 10.9. The third-order valence-electron chi connectivity index (χ3n) is 4.14. The standard InChI is InChI=1S/C19H30O2Si/c1-5-7-8-9-13-16-18(19(20)21-6-2)22(3,4)17-14-11-10-12-15-17/h10-16,18H,5-9H2,1-4H3/b16-13+. The smallest absolute Gasteiger partial charge is 0.310 e. The highest BCUT2D eigenvalue weighted by molar-refractivity contribution is 6.93. The Morgan fingerprint density at radius 2 is 1.86 bits per heavy atom. The van der Waals surface area contributed by atoms with Crippen LogP contribution in [0.4, 0.5) is 0 Å². The summed E-state index contributed by atoms with van der Waals surface area (Å²) in [6.07, 6.45) is 8.98. The van der Waals surface area contributed by atoms with Crippen LogP contribution in [-0.4, -0.2) is 20.7 Å². The Hall–Kier alpha value is -1.35. The fourth-order valence-electron chi connectivity index (χ4n) is 2.64. The largest absolute Gasteiger partial charge is 0.466 e. The van der Waals surface area contributed by atoms with E-state index < -0.39 is 8.07 Å². The molecule has 0 aliphatic heterocycles. The van der Waals surface area contributed by atoms with Gasteiger partial charge in [-0.05, 0) is 19.8 Å². The summed E-state index contributed by atoms with van der Waals surface area (Å²) in [7, 11) is -1.94. The molecule has 0 aromatic heterocycles. The Bertz CT molecular complexity index is 466. The molecular weight excluding hydrogens is 288 g/mol. The quantitative estimate of drug-likeness (QED) is 0.286. The van der Waals surface area contributed by atoms with Gasteiger partial charge in [0.05, 0.1) is 12.1 Å². The van der Waals surface area contributed by atoms with Crippen molar-refractivity contribution in [1.82, 2.24) is 0 Å². The second-order valence-electron chi connectivity index (χ2n) is 6.24. The normalized spacial score (nSPS) is 13.3. The molecule has 0 spiro atoms. The number of ether oxygens (including phenoxy) is 1. The summed E-state index contributed by atoms with van der Waals surface area (Å²) in [5, 5.41) is 1.30. The maximum absolute atomic E-state index is 12.4. The third kappa shape index (κ3) is 5.45. The van der Waals surface area contributed by atoms with Gasteiger partial charge in [-0.25, -0.2) is 0 Å². The Labute approximate surface area is 136 Å². The molecule has 0 heterocycles. The van der Waals surface area contributed by atoms with Crippen LogP contribution in [0.25, 0.3) is 0 Å². The molecule has 0 aliphatic rings. The monoisotopic (exact) mass is 318 g/mol. The van der Waals surface area contributed by atoms with Crippen LogP contribution >= 0.6 is 0 Å². The first kappa shape index (κ1) is 18.7. The highest BCUT2D eigenvalue weighted by atomic mass is 28.3. The van der Waals surface area contributed by atoms with E-state index in [2.05, 4.69) is 56.4 Å². The predicted molar refractivity (Wildman–Crippen MR) is 97.2 cm³/mol. The van der Waals surface area contributed by atoms with Gasteiger partial charge in [-0.1, -0.05) is 80.5 Å². The Morgan fingerprint density at radius 1 is 1.18 bits per heavy atom. The number of carbonyl (C=O) groups is 1. The second kappa shape index (κ2) is 9.62. The van der Waals surface area contributed by atoms with Crippen LogP contribution < -0.4 is 5.19 Å². The molecule has 0 N–H and O–H groups in total. The first-order valence-corrected chi connectivity index (χ1v) is 11.5. The lowest BCUT2D eigenvalue weighted by atomic mass is 10.2. The van der Waals surface area contributed by atoms with Gasteiger partial charge in [0.15, 0.2) is 0 Å². The molecule has 0 saturated heterocycles. The molecule has 0 radical (unpaired) electrons. The minimum Gasteiger partial charge on any atom is -0.466 e. The Kier molecular flexibility index (Phi) is 8.18. The van der Waals surface area contributed by atoms with Crippen LogP contribution in [0.15, 0.2) is 42.5 Å². The Morgan fingerprint density at radius 3 is 2.45 bits per heavy atom. The average Bonchev–Trinajstić information content (AvgIpc) is 2.51. The van der Waals surface area contributed by atoms with E-state index in [1.165, 1.54) is 24.4 Å². The van der Waals surface area contributed by atoms with Crippen LogP contribution in [0.5, 0.6) is 0 Å². The lowest BCUT2D eigenvalue weighted by molar-refractivity contribution is -0.142. The molecular formula is C19H30O2Si. The first-order valence-electron chi connectivity index (χ1n) is 8.42. The zero-order chi connectivity index (χ0) is 16.4. The van der Waals surface area contributed by atoms with E-state index in [0.717, 1.165) is 6.42 Å². The molecule has 0 aliphatic carbocycles. The van der Waals surface area contributed by atoms with E-state index in [9.17, 15) is 4.79 Å². The lowest BCUT2D eigenvalue weighted by Crippen LogP contribution is -2.48. The summed E-state index contributed by atoms with van der Waals surface area (Å²) < 4.78 is 5.33. The summed E-state index contributed by atoms with van der Waals surface area (Å²) in [6.45, 7) is 9.02. The van der Waals surface area contributed by atoms with Crippen LogP contribution in [0, 0.1) is 0 Å². The minimum atomic E-state index is -1.94. The molecule has 22 heavy (non-hydrogen) atoms. The van der Waals surface area contributed by atoms with E-state index in [1.807, 2.05) is 13.0 Å². The van der Waals surface area contributed by atoms with Crippen molar-refractivity contribution in [3.8, 4) is 0 Å². The van der Waals surface area contributed by atoms with Crippen molar-refractivity contribution in [2.24, 2.45) is 0 Å². The topological polar surface area (TPSA) is 26.3 Å². The molecule has 2 nitrogen and oxygen atoms in total. The molecule has 3 heteroatoms. The maximum Gasteiger partial charge on any atom is 0.310 e. The molecule has 0 bridgehead atoms.